The molecule has 0 aromatic heterocycles. The van der Waals surface area contributed by atoms with Gasteiger partial charge in [-0.15, -0.1) is 0 Å². The first kappa shape index (κ1) is 9.44. The lowest BCUT2D eigenvalue weighted by molar-refractivity contribution is -0.140. The molecule has 1 fully saturated rings. The van der Waals surface area contributed by atoms with E-state index in [9.17, 15) is 9.59 Å². The summed E-state index contributed by atoms with van der Waals surface area (Å²) in [6.07, 6.45) is 4.82. The molecule has 2 aliphatic rings. The second kappa shape index (κ2) is 3.23. The third-order valence-corrected chi connectivity index (χ3v) is 3.60. The summed E-state index contributed by atoms with van der Waals surface area (Å²) < 4.78 is 0. The average Bonchev–Trinajstić information content (AvgIpc) is 2.62. The molecule has 76 valence electrons. The first-order chi connectivity index (χ1) is 6.61. The molecule has 2 amide bonds. The first-order valence-electron chi connectivity index (χ1n) is 5.16. The van der Waals surface area contributed by atoms with Crippen molar-refractivity contribution in [3.8, 4) is 0 Å². The average molecular weight is 193 g/mol. The molecular formula is C11H15NO2. The van der Waals surface area contributed by atoms with Gasteiger partial charge in [-0.1, -0.05) is 13.8 Å². The standard InChI is InChI=1S/C11H15NO2/c1-7-3-4-9(8(7)2)12-10(13)5-6-11(12)14/h5-9H,3-4H2,1-2H3/t7-,8-,9-/m0/s1. The molecule has 3 heteroatoms. The van der Waals surface area contributed by atoms with Crippen molar-refractivity contribution in [1.82, 2.24) is 4.90 Å². The number of carbonyl (C=O) groups is 2. The van der Waals surface area contributed by atoms with Crippen LogP contribution < -0.4 is 0 Å². The molecule has 3 atom stereocenters. The number of hydrogen-bond acceptors (Lipinski definition) is 2. The van der Waals surface area contributed by atoms with E-state index < -0.39 is 0 Å². The molecule has 0 aromatic rings. The smallest absolute Gasteiger partial charge is 0.253 e. The number of nitrogens with zero attached hydrogens (tertiary/aromatic N) is 1. The number of imide groups is 1. The van der Waals surface area contributed by atoms with Crippen molar-refractivity contribution in [3.05, 3.63) is 12.2 Å². The maximum atomic E-state index is 11.4. The second-order valence-electron chi connectivity index (χ2n) is 4.36. The molecule has 0 unspecified atom stereocenters. The molecule has 0 N–H and O–H groups in total. The quantitative estimate of drug-likeness (QED) is 0.589. The molecule has 1 saturated carbocycles. The lowest BCUT2D eigenvalue weighted by atomic mass is 9.97. The van der Waals surface area contributed by atoms with Gasteiger partial charge in [0.2, 0.25) is 0 Å². The third kappa shape index (κ3) is 1.27. The Morgan fingerprint density at radius 1 is 1.14 bits per heavy atom. The minimum Gasteiger partial charge on any atom is -0.272 e. The lowest BCUT2D eigenvalue weighted by Crippen LogP contribution is -2.42. The van der Waals surface area contributed by atoms with Crippen molar-refractivity contribution in [2.24, 2.45) is 11.8 Å². The zero-order chi connectivity index (χ0) is 10.3. The summed E-state index contributed by atoms with van der Waals surface area (Å²) in [7, 11) is 0. The maximum Gasteiger partial charge on any atom is 0.253 e. The van der Waals surface area contributed by atoms with Gasteiger partial charge in [0.05, 0.1) is 0 Å². The summed E-state index contributed by atoms with van der Waals surface area (Å²) >= 11 is 0. The normalized spacial score (nSPS) is 37.3. The van der Waals surface area contributed by atoms with Crippen LogP contribution in [0.3, 0.4) is 0 Å². The van der Waals surface area contributed by atoms with Gasteiger partial charge in [-0.2, -0.15) is 0 Å². The Balaban J connectivity index is 2.16. The van der Waals surface area contributed by atoms with Gasteiger partial charge in [-0.25, -0.2) is 0 Å². The van der Waals surface area contributed by atoms with E-state index in [1.165, 1.54) is 17.1 Å². The van der Waals surface area contributed by atoms with Gasteiger partial charge < -0.3 is 0 Å². The predicted octanol–water partition coefficient (Wildman–Crippen LogP) is 1.35. The molecule has 2 rings (SSSR count). The molecular weight excluding hydrogens is 178 g/mol. The zero-order valence-electron chi connectivity index (χ0n) is 8.56. The summed E-state index contributed by atoms with van der Waals surface area (Å²) in [5.74, 6) is 0.769. The second-order valence-corrected chi connectivity index (χ2v) is 4.36. The van der Waals surface area contributed by atoms with Crippen LogP contribution in [0.2, 0.25) is 0 Å². The highest BCUT2D eigenvalue weighted by atomic mass is 16.2. The van der Waals surface area contributed by atoms with Crippen LogP contribution in [-0.2, 0) is 9.59 Å². The third-order valence-electron chi connectivity index (χ3n) is 3.60. The zero-order valence-corrected chi connectivity index (χ0v) is 8.56. The molecule has 1 aliphatic heterocycles. The highest BCUT2D eigenvalue weighted by molar-refractivity contribution is 6.13. The number of amides is 2. The van der Waals surface area contributed by atoms with Crippen LogP contribution in [0.15, 0.2) is 12.2 Å². The number of rotatable bonds is 1. The minimum atomic E-state index is -0.138. The summed E-state index contributed by atoms with van der Waals surface area (Å²) in [4.78, 5) is 24.3. The molecule has 3 nitrogen and oxygen atoms in total. The largest absolute Gasteiger partial charge is 0.272 e. The van der Waals surface area contributed by atoms with Crippen molar-refractivity contribution < 1.29 is 9.59 Å². The van der Waals surface area contributed by atoms with Crippen molar-refractivity contribution >= 4 is 11.8 Å². The van der Waals surface area contributed by atoms with Gasteiger partial charge in [0, 0.05) is 18.2 Å². The maximum absolute atomic E-state index is 11.4. The van der Waals surface area contributed by atoms with Gasteiger partial charge in [0.1, 0.15) is 0 Å². The lowest BCUT2D eigenvalue weighted by Gasteiger charge is -2.26. The minimum absolute atomic E-state index is 0.125. The number of hydrogen-bond donors (Lipinski definition) is 0. The van der Waals surface area contributed by atoms with E-state index in [1.807, 2.05) is 0 Å². The highest BCUT2D eigenvalue weighted by Crippen LogP contribution is 2.35. The fourth-order valence-electron chi connectivity index (χ4n) is 2.44. The topological polar surface area (TPSA) is 37.4 Å². The Bertz CT molecular complexity index is 290. The van der Waals surface area contributed by atoms with E-state index in [-0.39, 0.29) is 17.9 Å². The predicted molar refractivity (Wildman–Crippen MR) is 52.3 cm³/mol. The Labute approximate surface area is 83.8 Å². The molecule has 1 heterocycles. The molecule has 1 aliphatic carbocycles. The Kier molecular flexibility index (Phi) is 2.17. The molecule has 0 saturated heterocycles. The summed E-state index contributed by atoms with van der Waals surface area (Å²) in [6.45, 7) is 4.31. The Morgan fingerprint density at radius 2 is 1.71 bits per heavy atom. The van der Waals surface area contributed by atoms with E-state index in [0.717, 1.165) is 12.8 Å². The first-order valence-corrected chi connectivity index (χ1v) is 5.16. The fraction of sp³-hybridized carbons (Fsp3) is 0.636. The fourth-order valence-corrected chi connectivity index (χ4v) is 2.44. The Morgan fingerprint density at radius 3 is 2.14 bits per heavy atom. The van der Waals surface area contributed by atoms with Crippen LogP contribution in [0.25, 0.3) is 0 Å². The van der Waals surface area contributed by atoms with E-state index in [0.29, 0.717) is 11.8 Å². The van der Waals surface area contributed by atoms with Crippen molar-refractivity contribution in [3.63, 3.8) is 0 Å². The molecule has 0 aromatic carbocycles. The Hall–Kier alpha value is -1.12. The summed E-state index contributed by atoms with van der Waals surface area (Å²) in [6, 6.07) is 0.125. The van der Waals surface area contributed by atoms with Crippen LogP contribution in [0.5, 0.6) is 0 Å². The van der Waals surface area contributed by atoms with Crippen LogP contribution in [0.4, 0.5) is 0 Å². The van der Waals surface area contributed by atoms with Gasteiger partial charge in [0.25, 0.3) is 11.8 Å². The molecule has 0 radical (unpaired) electrons. The SMILES string of the molecule is C[C@H]1[C@@H](C)CC[C@@H]1N1C(=O)C=CC1=O. The van der Waals surface area contributed by atoms with Crippen molar-refractivity contribution in [1.29, 1.82) is 0 Å². The van der Waals surface area contributed by atoms with Crippen LogP contribution >= 0.6 is 0 Å². The van der Waals surface area contributed by atoms with Crippen molar-refractivity contribution in [2.45, 2.75) is 32.7 Å². The van der Waals surface area contributed by atoms with E-state index in [2.05, 4.69) is 13.8 Å². The van der Waals surface area contributed by atoms with Crippen LogP contribution in [-0.4, -0.2) is 22.8 Å². The van der Waals surface area contributed by atoms with Crippen LogP contribution in [0.1, 0.15) is 26.7 Å². The van der Waals surface area contributed by atoms with Gasteiger partial charge in [0.15, 0.2) is 0 Å². The highest BCUT2D eigenvalue weighted by Gasteiger charge is 2.39. The van der Waals surface area contributed by atoms with Crippen molar-refractivity contribution in [2.75, 3.05) is 0 Å². The molecule has 14 heavy (non-hydrogen) atoms. The van der Waals surface area contributed by atoms with E-state index >= 15 is 0 Å². The van der Waals surface area contributed by atoms with E-state index in [4.69, 9.17) is 0 Å². The molecule has 0 spiro atoms. The summed E-state index contributed by atoms with van der Waals surface area (Å²) in [5.41, 5.74) is 0. The van der Waals surface area contributed by atoms with E-state index in [1.54, 1.807) is 0 Å². The monoisotopic (exact) mass is 193 g/mol. The van der Waals surface area contributed by atoms with Gasteiger partial charge in [-0.3, -0.25) is 14.5 Å². The van der Waals surface area contributed by atoms with Crippen LogP contribution in [0, 0.1) is 11.8 Å². The van der Waals surface area contributed by atoms with Gasteiger partial charge >= 0.3 is 0 Å². The number of carbonyl (C=O) groups excluding carboxylic acids is 2. The molecule has 0 bridgehead atoms. The summed E-state index contributed by atoms with van der Waals surface area (Å²) in [5, 5.41) is 0. The van der Waals surface area contributed by atoms with Gasteiger partial charge in [-0.05, 0) is 24.7 Å².